The van der Waals surface area contributed by atoms with Crippen LogP contribution in [0.25, 0.3) is 0 Å². The highest BCUT2D eigenvalue weighted by Gasteiger charge is 2.10. The first-order valence-corrected chi connectivity index (χ1v) is 5.58. The SMILES string of the molecule is Cc1nc(CNC2C=CCCC2)oc1C. The largest absolute Gasteiger partial charge is 0.444 e. The Morgan fingerprint density at radius 3 is 3.00 bits per heavy atom. The highest BCUT2D eigenvalue weighted by atomic mass is 16.4. The van der Waals surface area contributed by atoms with Gasteiger partial charge in [-0.05, 0) is 33.1 Å². The van der Waals surface area contributed by atoms with Crippen molar-refractivity contribution in [2.45, 2.75) is 45.7 Å². The molecule has 1 aliphatic rings. The van der Waals surface area contributed by atoms with Gasteiger partial charge in [0.25, 0.3) is 0 Å². The molecule has 15 heavy (non-hydrogen) atoms. The Hall–Kier alpha value is -1.09. The maximum Gasteiger partial charge on any atom is 0.208 e. The first-order chi connectivity index (χ1) is 7.25. The standard InChI is InChI=1S/C12H18N2O/c1-9-10(2)15-12(14-9)8-13-11-6-4-3-5-7-11/h4,6,11,13H,3,5,7-8H2,1-2H3. The molecule has 1 aromatic rings. The van der Waals surface area contributed by atoms with Crippen LogP contribution in [-0.4, -0.2) is 11.0 Å². The minimum Gasteiger partial charge on any atom is -0.444 e. The molecular weight excluding hydrogens is 188 g/mol. The first-order valence-electron chi connectivity index (χ1n) is 5.58. The average molecular weight is 206 g/mol. The summed E-state index contributed by atoms with van der Waals surface area (Å²) >= 11 is 0. The molecule has 0 aromatic carbocycles. The molecule has 1 aromatic heterocycles. The molecule has 3 nitrogen and oxygen atoms in total. The van der Waals surface area contributed by atoms with Gasteiger partial charge in [0.2, 0.25) is 5.89 Å². The Labute approximate surface area is 90.6 Å². The Morgan fingerprint density at radius 2 is 2.40 bits per heavy atom. The lowest BCUT2D eigenvalue weighted by Gasteiger charge is -2.16. The third kappa shape index (κ3) is 2.69. The van der Waals surface area contributed by atoms with Gasteiger partial charge in [-0.25, -0.2) is 4.98 Å². The third-order valence-electron chi connectivity index (χ3n) is 2.84. The quantitative estimate of drug-likeness (QED) is 0.772. The normalized spacial score (nSPS) is 20.8. The second-order valence-corrected chi connectivity index (χ2v) is 4.10. The maximum absolute atomic E-state index is 5.51. The van der Waals surface area contributed by atoms with Crippen LogP contribution in [0.4, 0.5) is 0 Å². The molecule has 2 rings (SSSR count). The molecule has 0 saturated carbocycles. The lowest BCUT2D eigenvalue weighted by atomic mass is 10.0. The van der Waals surface area contributed by atoms with Crippen molar-refractivity contribution in [3.63, 3.8) is 0 Å². The number of nitrogens with zero attached hydrogens (tertiary/aromatic N) is 1. The molecule has 82 valence electrons. The summed E-state index contributed by atoms with van der Waals surface area (Å²) in [6.45, 7) is 4.65. The van der Waals surface area contributed by atoms with E-state index in [0.29, 0.717) is 6.04 Å². The number of hydrogen-bond acceptors (Lipinski definition) is 3. The zero-order chi connectivity index (χ0) is 10.7. The molecule has 0 aliphatic heterocycles. The van der Waals surface area contributed by atoms with Crippen LogP contribution in [0.3, 0.4) is 0 Å². The second kappa shape index (κ2) is 4.62. The van der Waals surface area contributed by atoms with Crippen LogP contribution in [-0.2, 0) is 6.54 Å². The third-order valence-corrected chi connectivity index (χ3v) is 2.84. The number of aryl methyl sites for hydroxylation is 2. The number of rotatable bonds is 3. The zero-order valence-electron chi connectivity index (χ0n) is 9.42. The summed E-state index contributed by atoms with van der Waals surface area (Å²) in [5.74, 6) is 1.72. The summed E-state index contributed by atoms with van der Waals surface area (Å²) < 4.78 is 5.51. The molecule has 3 heteroatoms. The number of allylic oxidation sites excluding steroid dienone is 1. The zero-order valence-corrected chi connectivity index (χ0v) is 9.42. The van der Waals surface area contributed by atoms with Gasteiger partial charge in [0, 0.05) is 6.04 Å². The van der Waals surface area contributed by atoms with Crippen molar-refractivity contribution in [2.75, 3.05) is 0 Å². The van der Waals surface area contributed by atoms with Crippen LogP contribution in [0.2, 0.25) is 0 Å². The Kier molecular flexibility index (Phi) is 3.21. The molecular formula is C12H18N2O. The van der Waals surface area contributed by atoms with Crippen molar-refractivity contribution in [1.29, 1.82) is 0 Å². The molecule has 0 fully saturated rings. The summed E-state index contributed by atoms with van der Waals surface area (Å²) in [6, 6.07) is 0.492. The number of nitrogens with one attached hydrogen (secondary N) is 1. The number of aromatic nitrogens is 1. The van der Waals surface area contributed by atoms with Crippen molar-refractivity contribution in [1.82, 2.24) is 10.3 Å². The molecule has 1 heterocycles. The molecule has 0 saturated heterocycles. The van der Waals surface area contributed by atoms with E-state index in [1.807, 2.05) is 13.8 Å². The van der Waals surface area contributed by atoms with E-state index in [1.165, 1.54) is 19.3 Å². The highest BCUT2D eigenvalue weighted by Crippen LogP contribution is 2.12. The van der Waals surface area contributed by atoms with Crippen molar-refractivity contribution >= 4 is 0 Å². The highest BCUT2D eigenvalue weighted by molar-refractivity contribution is 5.05. The number of oxazole rings is 1. The van der Waals surface area contributed by atoms with E-state index in [1.54, 1.807) is 0 Å². The van der Waals surface area contributed by atoms with Gasteiger partial charge < -0.3 is 9.73 Å². The van der Waals surface area contributed by atoms with Gasteiger partial charge in [0.15, 0.2) is 0 Å². The summed E-state index contributed by atoms with van der Waals surface area (Å²) in [5.41, 5.74) is 0.992. The summed E-state index contributed by atoms with van der Waals surface area (Å²) in [5, 5.41) is 3.44. The second-order valence-electron chi connectivity index (χ2n) is 4.10. The minimum absolute atomic E-state index is 0.492. The number of hydrogen-bond donors (Lipinski definition) is 1. The predicted octanol–water partition coefficient (Wildman–Crippen LogP) is 2.49. The van der Waals surface area contributed by atoms with Gasteiger partial charge in [-0.2, -0.15) is 0 Å². The van der Waals surface area contributed by atoms with E-state index in [-0.39, 0.29) is 0 Å². The van der Waals surface area contributed by atoms with Gasteiger partial charge in [-0.1, -0.05) is 12.2 Å². The summed E-state index contributed by atoms with van der Waals surface area (Å²) in [6.07, 6.45) is 8.20. The molecule has 0 amide bonds. The van der Waals surface area contributed by atoms with E-state index in [4.69, 9.17) is 4.42 Å². The molecule has 0 radical (unpaired) electrons. The van der Waals surface area contributed by atoms with E-state index < -0.39 is 0 Å². The van der Waals surface area contributed by atoms with Crippen LogP contribution in [0.1, 0.15) is 36.6 Å². The summed E-state index contributed by atoms with van der Waals surface area (Å²) in [7, 11) is 0. The predicted molar refractivity (Wildman–Crippen MR) is 59.6 cm³/mol. The molecule has 1 atom stereocenters. The van der Waals surface area contributed by atoms with Crippen LogP contribution in [0.15, 0.2) is 16.6 Å². The van der Waals surface area contributed by atoms with E-state index in [0.717, 1.165) is 23.9 Å². The molecule has 1 unspecified atom stereocenters. The van der Waals surface area contributed by atoms with Crippen molar-refractivity contribution in [3.05, 3.63) is 29.5 Å². The van der Waals surface area contributed by atoms with Crippen LogP contribution >= 0.6 is 0 Å². The molecule has 0 spiro atoms. The molecule has 0 bridgehead atoms. The Bertz CT molecular complexity index is 335. The van der Waals surface area contributed by atoms with Crippen molar-refractivity contribution < 1.29 is 4.42 Å². The lowest BCUT2D eigenvalue weighted by molar-refractivity contribution is 0.426. The lowest BCUT2D eigenvalue weighted by Crippen LogP contribution is -2.27. The fourth-order valence-electron chi connectivity index (χ4n) is 1.82. The average Bonchev–Trinajstić information content (AvgIpc) is 2.57. The molecule has 1 N–H and O–H groups in total. The topological polar surface area (TPSA) is 38.1 Å². The van der Waals surface area contributed by atoms with Crippen LogP contribution < -0.4 is 5.32 Å². The Morgan fingerprint density at radius 1 is 1.53 bits per heavy atom. The van der Waals surface area contributed by atoms with Crippen LogP contribution in [0.5, 0.6) is 0 Å². The smallest absolute Gasteiger partial charge is 0.208 e. The van der Waals surface area contributed by atoms with Crippen LogP contribution in [0, 0.1) is 13.8 Å². The van der Waals surface area contributed by atoms with Gasteiger partial charge in [0.05, 0.1) is 12.2 Å². The van der Waals surface area contributed by atoms with Gasteiger partial charge in [-0.15, -0.1) is 0 Å². The summed E-state index contributed by atoms with van der Waals surface area (Å²) in [4.78, 5) is 4.34. The fraction of sp³-hybridized carbons (Fsp3) is 0.583. The maximum atomic E-state index is 5.51. The van der Waals surface area contributed by atoms with Crippen molar-refractivity contribution in [2.24, 2.45) is 0 Å². The van der Waals surface area contributed by atoms with E-state index >= 15 is 0 Å². The molecule has 1 aliphatic carbocycles. The van der Waals surface area contributed by atoms with Crippen molar-refractivity contribution in [3.8, 4) is 0 Å². The van der Waals surface area contributed by atoms with E-state index in [2.05, 4.69) is 22.5 Å². The van der Waals surface area contributed by atoms with Gasteiger partial charge >= 0.3 is 0 Å². The first kappa shape index (κ1) is 10.4. The Balaban J connectivity index is 1.87. The fourth-order valence-corrected chi connectivity index (χ4v) is 1.82. The minimum atomic E-state index is 0.492. The van der Waals surface area contributed by atoms with E-state index in [9.17, 15) is 0 Å². The van der Waals surface area contributed by atoms with Gasteiger partial charge in [-0.3, -0.25) is 0 Å². The monoisotopic (exact) mass is 206 g/mol. The van der Waals surface area contributed by atoms with Gasteiger partial charge in [0.1, 0.15) is 5.76 Å².